The van der Waals surface area contributed by atoms with E-state index in [1.165, 1.54) is 4.90 Å². The van der Waals surface area contributed by atoms with Gasteiger partial charge in [0.1, 0.15) is 0 Å². The molecule has 1 saturated heterocycles. The topological polar surface area (TPSA) is 54.5 Å². The Bertz CT molecular complexity index is 1870. The molecule has 0 aromatic heterocycles. The molecule has 8 rings (SSSR count). The first-order chi connectivity index (χ1) is 21.5. The minimum absolute atomic E-state index is 0.137. The Morgan fingerprint density at radius 1 is 0.500 bits per heavy atom. The standard InChI is InChI=1S/C39H26ClNO3/c40-29-22-13-23-30(24-29)41-35(42)33-34(36(41)43)39(28-20-11-4-12-21-28)32(26-16-7-2-8-17-26)31(25-14-5-1-6-15-25)38(33,37(39)44)27-18-9-3-10-19-27/h1-24,33-34H/t33-,34+,38-,39-/m0/s1. The van der Waals surface area contributed by atoms with Gasteiger partial charge in [0.25, 0.3) is 0 Å². The molecule has 4 nitrogen and oxygen atoms in total. The molecular formula is C39H26ClNO3. The molecular weight excluding hydrogens is 566 g/mol. The van der Waals surface area contributed by atoms with Crippen LogP contribution in [-0.4, -0.2) is 17.6 Å². The van der Waals surface area contributed by atoms with E-state index in [2.05, 4.69) is 0 Å². The summed E-state index contributed by atoms with van der Waals surface area (Å²) >= 11 is 6.37. The zero-order valence-corrected chi connectivity index (χ0v) is 24.3. The van der Waals surface area contributed by atoms with Crippen LogP contribution in [-0.2, 0) is 25.2 Å². The second kappa shape index (κ2) is 9.73. The Kier molecular flexibility index (Phi) is 5.87. The monoisotopic (exact) mass is 591 g/mol. The van der Waals surface area contributed by atoms with E-state index in [0.717, 1.165) is 22.3 Å². The SMILES string of the molecule is O=C1[C@@H]2[C@H](C(=O)N1c1cccc(Cl)c1)[C@@]1(c3ccccc3)C(=O)[C@@]2(c2ccccc2)C(c2ccccc2)=C1c1ccccc1. The first-order valence-corrected chi connectivity index (χ1v) is 15.1. The summed E-state index contributed by atoms with van der Waals surface area (Å²) in [6.45, 7) is 0. The van der Waals surface area contributed by atoms with Gasteiger partial charge in [-0.1, -0.05) is 139 Å². The number of benzene rings is 5. The van der Waals surface area contributed by atoms with Crippen LogP contribution in [0.2, 0.25) is 5.02 Å². The van der Waals surface area contributed by atoms with Crippen LogP contribution in [0.3, 0.4) is 0 Å². The molecule has 4 atom stereocenters. The van der Waals surface area contributed by atoms with Crippen molar-refractivity contribution in [1.29, 1.82) is 0 Å². The van der Waals surface area contributed by atoms with E-state index in [-0.39, 0.29) is 5.78 Å². The Labute approximate surface area is 260 Å². The van der Waals surface area contributed by atoms with Crippen molar-refractivity contribution in [3.05, 3.63) is 173 Å². The van der Waals surface area contributed by atoms with E-state index in [1.807, 2.05) is 121 Å². The van der Waals surface area contributed by atoms with Crippen LogP contribution in [0.5, 0.6) is 0 Å². The summed E-state index contributed by atoms with van der Waals surface area (Å²) in [5.74, 6) is -2.85. The van der Waals surface area contributed by atoms with Gasteiger partial charge in [0.15, 0.2) is 5.78 Å². The summed E-state index contributed by atoms with van der Waals surface area (Å²) in [6, 6.07) is 45.6. The predicted octanol–water partition coefficient (Wildman–Crippen LogP) is 7.53. The lowest BCUT2D eigenvalue weighted by Crippen LogP contribution is -2.45. The molecule has 5 aromatic rings. The Balaban J connectivity index is 1.56. The van der Waals surface area contributed by atoms with Crippen molar-refractivity contribution < 1.29 is 14.4 Å². The number of carbonyl (C=O) groups is 3. The molecule has 212 valence electrons. The molecule has 1 aliphatic heterocycles. The van der Waals surface area contributed by atoms with Crippen molar-refractivity contribution in [2.45, 2.75) is 10.8 Å². The molecule has 0 spiro atoms. The van der Waals surface area contributed by atoms with Crippen LogP contribution >= 0.6 is 11.6 Å². The van der Waals surface area contributed by atoms with Crippen LogP contribution in [0.1, 0.15) is 22.3 Å². The van der Waals surface area contributed by atoms with Gasteiger partial charge in [0.05, 0.1) is 28.4 Å². The minimum atomic E-state index is -1.42. The van der Waals surface area contributed by atoms with Gasteiger partial charge < -0.3 is 0 Å². The molecule has 2 aliphatic carbocycles. The van der Waals surface area contributed by atoms with Gasteiger partial charge in [0.2, 0.25) is 11.8 Å². The lowest BCUT2D eigenvalue weighted by Gasteiger charge is -2.39. The van der Waals surface area contributed by atoms with Gasteiger partial charge in [-0.2, -0.15) is 0 Å². The maximum absolute atomic E-state index is 15.8. The lowest BCUT2D eigenvalue weighted by molar-refractivity contribution is -0.130. The summed E-state index contributed by atoms with van der Waals surface area (Å²) in [5, 5.41) is 0.419. The van der Waals surface area contributed by atoms with Gasteiger partial charge in [-0.05, 0) is 51.6 Å². The summed E-state index contributed by atoms with van der Waals surface area (Å²) < 4.78 is 0. The number of nitrogens with zero attached hydrogens (tertiary/aromatic N) is 1. The zero-order valence-electron chi connectivity index (χ0n) is 23.6. The highest BCUT2D eigenvalue weighted by Gasteiger charge is 2.82. The molecule has 5 heteroatoms. The van der Waals surface area contributed by atoms with E-state index in [1.54, 1.807) is 24.3 Å². The van der Waals surface area contributed by atoms with Crippen molar-refractivity contribution >= 4 is 46.0 Å². The number of imide groups is 1. The highest BCUT2D eigenvalue weighted by molar-refractivity contribution is 6.39. The van der Waals surface area contributed by atoms with E-state index in [0.29, 0.717) is 21.8 Å². The number of hydrogen-bond donors (Lipinski definition) is 0. The van der Waals surface area contributed by atoms with Crippen molar-refractivity contribution in [2.24, 2.45) is 11.8 Å². The second-order valence-electron chi connectivity index (χ2n) is 11.6. The van der Waals surface area contributed by atoms with Gasteiger partial charge >= 0.3 is 0 Å². The maximum Gasteiger partial charge on any atom is 0.239 e. The number of halogens is 1. The number of ketones is 1. The van der Waals surface area contributed by atoms with Gasteiger partial charge in [-0.25, -0.2) is 4.90 Å². The third-order valence-corrected chi connectivity index (χ3v) is 9.88. The van der Waals surface area contributed by atoms with E-state index < -0.39 is 34.5 Å². The summed E-state index contributed by atoms with van der Waals surface area (Å²) in [7, 11) is 0. The lowest BCUT2D eigenvalue weighted by atomic mass is 9.59. The molecule has 0 N–H and O–H groups in total. The van der Waals surface area contributed by atoms with Crippen LogP contribution < -0.4 is 4.90 Å². The molecule has 2 amide bonds. The van der Waals surface area contributed by atoms with Crippen molar-refractivity contribution in [3.8, 4) is 0 Å². The highest BCUT2D eigenvalue weighted by Crippen LogP contribution is 2.74. The van der Waals surface area contributed by atoms with Gasteiger partial charge in [-0.3, -0.25) is 14.4 Å². The zero-order chi connectivity index (χ0) is 30.1. The van der Waals surface area contributed by atoms with Crippen molar-refractivity contribution in [1.82, 2.24) is 0 Å². The minimum Gasteiger partial charge on any atom is -0.297 e. The fraction of sp³-hybridized carbons (Fsp3) is 0.103. The highest BCUT2D eigenvalue weighted by atomic mass is 35.5. The number of fused-ring (bicyclic) bond motifs is 5. The second-order valence-corrected chi connectivity index (χ2v) is 12.0. The Morgan fingerprint density at radius 2 is 0.909 bits per heavy atom. The number of amides is 2. The van der Waals surface area contributed by atoms with E-state index in [4.69, 9.17) is 11.6 Å². The number of rotatable bonds is 5. The maximum atomic E-state index is 15.8. The van der Waals surface area contributed by atoms with Crippen molar-refractivity contribution in [3.63, 3.8) is 0 Å². The fourth-order valence-electron chi connectivity index (χ4n) is 8.20. The molecule has 0 unspecified atom stereocenters. The molecule has 1 heterocycles. The largest absolute Gasteiger partial charge is 0.297 e. The van der Waals surface area contributed by atoms with E-state index >= 15 is 4.79 Å². The molecule has 5 aromatic carbocycles. The quantitative estimate of drug-likeness (QED) is 0.199. The molecule has 0 radical (unpaired) electrons. The number of carbonyl (C=O) groups excluding carboxylic acids is 3. The molecule has 44 heavy (non-hydrogen) atoms. The summed E-state index contributed by atoms with van der Waals surface area (Å²) in [6.07, 6.45) is 0. The van der Waals surface area contributed by atoms with Crippen LogP contribution in [0.4, 0.5) is 5.69 Å². The predicted molar refractivity (Wildman–Crippen MR) is 172 cm³/mol. The Hall–Kier alpha value is -5.06. The smallest absolute Gasteiger partial charge is 0.239 e. The summed E-state index contributed by atoms with van der Waals surface area (Å²) in [4.78, 5) is 46.9. The fourth-order valence-corrected chi connectivity index (χ4v) is 8.39. The Morgan fingerprint density at radius 3 is 1.32 bits per heavy atom. The normalized spacial score (nSPS) is 25.6. The number of anilines is 1. The number of Topliss-reactive ketones (excluding diaryl/α,β-unsaturated/α-hetero) is 1. The first-order valence-electron chi connectivity index (χ1n) is 14.7. The third-order valence-electron chi connectivity index (χ3n) is 9.64. The van der Waals surface area contributed by atoms with Crippen LogP contribution in [0.25, 0.3) is 11.1 Å². The molecule has 2 bridgehead atoms. The van der Waals surface area contributed by atoms with E-state index in [9.17, 15) is 9.59 Å². The van der Waals surface area contributed by atoms with Crippen molar-refractivity contribution in [2.75, 3.05) is 4.90 Å². The first kappa shape index (κ1) is 26.6. The molecule has 1 saturated carbocycles. The van der Waals surface area contributed by atoms with Gasteiger partial charge in [0, 0.05) is 5.02 Å². The van der Waals surface area contributed by atoms with Crippen LogP contribution in [0, 0.1) is 11.8 Å². The summed E-state index contributed by atoms with van der Waals surface area (Å²) in [5.41, 5.74) is 2.22. The molecule has 2 fully saturated rings. The molecule has 3 aliphatic rings. The number of allylic oxidation sites excluding steroid dienone is 2. The van der Waals surface area contributed by atoms with Gasteiger partial charge in [-0.15, -0.1) is 0 Å². The third kappa shape index (κ3) is 3.26. The number of hydrogen-bond acceptors (Lipinski definition) is 3. The average molecular weight is 592 g/mol. The average Bonchev–Trinajstić information content (AvgIpc) is 3.58. The van der Waals surface area contributed by atoms with Crippen LogP contribution in [0.15, 0.2) is 146 Å².